The third kappa shape index (κ3) is 5.10. The van der Waals surface area contributed by atoms with Crippen LogP contribution in [0.4, 0.5) is 0 Å². The van der Waals surface area contributed by atoms with Gasteiger partial charge in [0.2, 0.25) is 0 Å². The molecule has 1 aromatic rings. The highest BCUT2D eigenvalue weighted by molar-refractivity contribution is 6.17. The molecule has 0 bridgehead atoms. The molecule has 0 amide bonds. The number of benzene rings is 1. The maximum atomic E-state index is 12.0. The number of aryl methyl sites for hydroxylation is 1. The molecule has 0 radical (unpaired) electrons. The van der Waals surface area contributed by atoms with Crippen LogP contribution in [0.25, 0.3) is 6.08 Å². The Morgan fingerprint density at radius 1 is 1.05 bits per heavy atom. The maximum absolute atomic E-state index is 12.0. The van der Waals surface area contributed by atoms with Crippen molar-refractivity contribution in [2.75, 3.05) is 13.2 Å². The van der Waals surface area contributed by atoms with Crippen LogP contribution in [0.1, 0.15) is 11.1 Å². The summed E-state index contributed by atoms with van der Waals surface area (Å²) in [5.41, 5.74) is 1.52. The zero-order valence-electron chi connectivity index (χ0n) is 12.0. The Morgan fingerprint density at radius 3 is 2.05 bits per heavy atom. The van der Waals surface area contributed by atoms with E-state index in [9.17, 15) is 9.59 Å². The average molecular weight is 286 g/mol. The molecule has 1 rings (SSSR count). The summed E-state index contributed by atoms with van der Waals surface area (Å²) in [6.45, 7) is 8.85. The smallest absolute Gasteiger partial charge is 0.345 e. The van der Waals surface area contributed by atoms with Gasteiger partial charge < -0.3 is 9.47 Å². The number of hydrogen-bond donors (Lipinski definition) is 0. The Kier molecular flexibility index (Phi) is 6.68. The Labute approximate surface area is 124 Å². The first kappa shape index (κ1) is 16.4. The van der Waals surface area contributed by atoms with Crippen LogP contribution < -0.4 is 0 Å². The van der Waals surface area contributed by atoms with E-state index in [0.29, 0.717) is 0 Å². The van der Waals surface area contributed by atoms with Crippen molar-refractivity contribution in [1.29, 1.82) is 0 Å². The van der Waals surface area contributed by atoms with Gasteiger partial charge in [0.1, 0.15) is 18.8 Å². The van der Waals surface area contributed by atoms with Crippen molar-refractivity contribution in [3.05, 3.63) is 66.3 Å². The Morgan fingerprint density at radius 2 is 1.57 bits per heavy atom. The molecule has 4 nitrogen and oxygen atoms in total. The number of carbonyl (C=O) groups excluding carboxylic acids is 2. The predicted octanol–water partition coefficient (Wildman–Crippen LogP) is 2.84. The summed E-state index contributed by atoms with van der Waals surface area (Å²) in [5, 5.41) is 0. The van der Waals surface area contributed by atoms with Gasteiger partial charge in [0, 0.05) is 0 Å². The fraction of sp³-hybridized carbons (Fsp3) is 0.176. The number of hydrogen-bond acceptors (Lipinski definition) is 4. The van der Waals surface area contributed by atoms with Crippen LogP contribution in [0.3, 0.4) is 0 Å². The summed E-state index contributed by atoms with van der Waals surface area (Å²) in [6.07, 6.45) is 4.32. The van der Waals surface area contributed by atoms with Crippen molar-refractivity contribution in [3.8, 4) is 0 Å². The molecule has 0 spiro atoms. The van der Waals surface area contributed by atoms with Gasteiger partial charge in [0.15, 0.2) is 0 Å². The predicted molar refractivity (Wildman–Crippen MR) is 81.5 cm³/mol. The van der Waals surface area contributed by atoms with Crippen LogP contribution in [0, 0.1) is 6.92 Å². The molecule has 0 aromatic heterocycles. The molecule has 0 atom stereocenters. The summed E-state index contributed by atoms with van der Waals surface area (Å²) in [6, 6.07) is 7.38. The van der Waals surface area contributed by atoms with E-state index in [4.69, 9.17) is 9.47 Å². The normalized spacial score (nSPS) is 9.38. The molecular weight excluding hydrogens is 268 g/mol. The number of esters is 2. The van der Waals surface area contributed by atoms with E-state index in [1.54, 1.807) is 6.07 Å². The molecule has 0 saturated carbocycles. The molecule has 0 saturated heterocycles. The minimum atomic E-state index is -0.743. The van der Waals surface area contributed by atoms with Crippen molar-refractivity contribution < 1.29 is 19.1 Å². The lowest BCUT2D eigenvalue weighted by molar-refractivity contribution is -0.145. The first-order valence-corrected chi connectivity index (χ1v) is 6.43. The van der Waals surface area contributed by atoms with Gasteiger partial charge in [-0.3, -0.25) is 0 Å². The minimum absolute atomic E-state index is 0.0265. The minimum Gasteiger partial charge on any atom is -0.458 e. The Bertz CT molecular complexity index is 544. The fourth-order valence-electron chi connectivity index (χ4n) is 1.53. The van der Waals surface area contributed by atoms with Crippen LogP contribution in [-0.2, 0) is 19.1 Å². The van der Waals surface area contributed by atoms with Gasteiger partial charge in [-0.2, -0.15) is 0 Å². The van der Waals surface area contributed by atoms with E-state index < -0.39 is 11.9 Å². The van der Waals surface area contributed by atoms with Crippen LogP contribution in [0.2, 0.25) is 0 Å². The number of ether oxygens (including phenoxy) is 2. The van der Waals surface area contributed by atoms with Gasteiger partial charge in [-0.1, -0.05) is 49.6 Å². The van der Waals surface area contributed by atoms with E-state index in [-0.39, 0.29) is 18.8 Å². The molecule has 21 heavy (non-hydrogen) atoms. The zero-order valence-corrected chi connectivity index (χ0v) is 12.0. The van der Waals surface area contributed by atoms with Gasteiger partial charge in [0.05, 0.1) is 0 Å². The summed E-state index contributed by atoms with van der Waals surface area (Å²) in [4.78, 5) is 23.9. The van der Waals surface area contributed by atoms with Gasteiger partial charge in [-0.15, -0.1) is 0 Å². The molecular formula is C17H18O4. The highest BCUT2D eigenvalue weighted by Crippen LogP contribution is 2.14. The lowest BCUT2D eigenvalue weighted by atomic mass is 10.1. The van der Waals surface area contributed by atoms with E-state index >= 15 is 0 Å². The highest BCUT2D eigenvalue weighted by atomic mass is 16.6. The molecule has 0 aliphatic rings. The third-order valence-corrected chi connectivity index (χ3v) is 2.59. The molecule has 0 N–H and O–H groups in total. The number of carbonyl (C=O) groups is 2. The topological polar surface area (TPSA) is 52.6 Å². The van der Waals surface area contributed by atoms with E-state index in [1.807, 2.05) is 25.1 Å². The van der Waals surface area contributed by atoms with Gasteiger partial charge in [-0.05, 0) is 24.1 Å². The van der Waals surface area contributed by atoms with Crippen LogP contribution in [0.15, 0.2) is 55.1 Å². The largest absolute Gasteiger partial charge is 0.458 e. The van der Waals surface area contributed by atoms with Crippen molar-refractivity contribution in [1.82, 2.24) is 0 Å². The highest BCUT2D eigenvalue weighted by Gasteiger charge is 2.21. The second-order valence-electron chi connectivity index (χ2n) is 4.19. The SMILES string of the molecule is C=CCOC(=O)C(=Cc1ccccc1C)C(=O)OCC=C. The molecule has 0 aliphatic heterocycles. The summed E-state index contributed by atoms with van der Waals surface area (Å²) in [5.74, 6) is -1.49. The van der Waals surface area contributed by atoms with Crippen molar-refractivity contribution in [2.45, 2.75) is 6.92 Å². The van der Waals surface area contributed by atoms with Gasteiger partial charge in [-0.25, -0.2) is 9.59 Å². The average Bonchev–Trinajstić information content (AvgIpc) is 2.49. The van der Waals surface area contributed by atoms with E-state index in [2.05, 4.69) is 13.2 Å². The maximum Gasteiger partial charge on any atom is 0.345 e. The summed E-state index contributed by atoms with van der Waals surface area (Å²) >= 11 is 0. The second-order valence-corrected chi connectivity index (χ2v) is 4.19. The van der Waals surface area contributed by atoms with Crippen LogP contribution in [-0.4, -0.2) is 25.2 Å². The first-order chi connectivity index (χ1) is 10.1. The molecule has 1 aromatic carbocycles. The standard InChI is InChI=1S/C17H18O4/c1-4-10-20-16(18)15(17(19)21-11-5-2)12-14-9-7-6-8-13(14)3/h4-9,12H,1-2,10-11H2,3H3. The second kappa shape index (κ2) is 8.53. The van der Waals surface area contributed by atoms with Crippen molar-refractivity contribution in [2.24, 2.45) is 0 Å². The Hall–Kier alpha value is -2.62. The number of rotatable bonds is 7. The molecule has 4 heteroatoms. The molecule has 0 aliphatic carbocycles. The molecule has 0 fully saturated rings. The lowest BCUT2D eigenvalue weighted by Gasteiger charge is -2.08. The third-order valence-electron chi connectivity index (χ3n) is 2.59. The van der Waals surface area contributed by atoms with Gasteiger partial charge >= 0.3 is 11.9 Å². The Balaban J connectivity index is 3.08. The van der Waals surface area contributed by atoms with E-state index in [1.165, 1.54) is 18.2 Å². The van der Waals surface area contributed by atoms with Crippen LogP contribution in [0.5, 0.6) is 0 Å². The van der Waals surface area contributed by atoms with Crippen molar-refractivity contribution >= 4 is 18.0 Å². The quantitative estimate of drug-likeness (QED) is 0.254. The van der Waals surface area contributed by atoms with Crippen LogP contribution >= 0.6 is 0 Å². The summed E-state index contributed by atoms with van der Waals surface area (Å²) in [7, 11) is 0. The fourth-order valence-corrected chi connectivity index (χ4v) is 1.53. The molecule has 0 unspecified atom stereocenters. The monoisotopic (exact) mass is 286 g/mol. The first-order valence-electron chi connectivity index (χ1n) is 6.43. The molecule has 110 valence electrons. The van der Waals surface area contributed by atoms with E-state index in [0.717, 1.165) is 11.1 Å². The molecule has 0 heterocycles. The van der Waals surface area contributed by atoms with Crippen molar-refractivity contribution in [3.63, 3.8) is 0 Å². The zero-order chi connectivity index (χ0) is 15.7. The lowest BCUT2D eigenvalue weighted by Crippen LogP contribution is -2.18. The van der Waals surface area contributed by atoms with Gasteiger partial charge in [0.25, 0.3) is 0 Å². The summed E-state index contributed by atoms with van der Waals surface area (Å²) < 4.78 is 9.83.